The van der Waals surface area contributed by atoms with Crippen LogP contribution in [0.4, 0.5) is 13.2 Å². The highest BCUT2D eigenvalue weighted by Crippen LogP contribution is 2.37. The zero-order valence-corrected chi connectivity index (χ0v) is 17.3. The van der Waals surface area contributed by atoms with Crippen LogP contribution in [0.3, 0.4) is 0 Å². The highest BCUT2D eigenvalue weighted by molar-refractivity contribution is 5.49. The number of rotatable bonds is 7. The van der Waals surface area contributed by atoms with Crippen LogP contribution in [0.2, 0.25) is 0 Å². The molecule has 2 N–H and O–H groups in total. The van der Waals surface area contributed by atoms with Gasteiger partial charge in [-0.3, -0.25) is 0 Å². The van der Waals surface area contributed by atoms with E-state index in [-0.39, 0.29) is 5.75 Å². The Kier molecular flexibility index (Phi) is 6.51. The largest absolute Gasteiger partial charge is 0.573 e. The van der Waals surface area contributed by atoms with E-state index < -0.39 is 12.4 Å². The summed E-state index contributed by atoms with van der Waals surface area (Å²) in [7, 11) is 0. The van der Waals surface area contributed by atoms with Gasteiger partial charge >= 0.3 is 6.36 Å². The number of benzene rings is 4. The Hall–Kier alpha value is -3.97. The predicted molar refractivity (Wildman–Crippen MR) is 119 cm³/mol. The first-order valence-corrected chi connectivity index (χ1v) is 10.1. The van der Waals surface area contributed by atoms with Gasteiger partial charge in [0.1, 0.15) is 17.2 Å². The van der Waals surface area contributed by atoms with Gasteiger partial charge < -0.3 is 19.9 Å². The maximum absolute atomic E-state index is 12.4. The van der Waals surface area contributed by atoms with Crippen molar-refractivity contribution in [3.8, 4) is 28.7 Å². The van der Waals surface area contributed by atoms with Crippen molar-refractivity contribution in [2.75, 3.05) is 0 Å². The zero-order valence-electron chi connectivity index (χ0n) is 17.3. The van der Waals surface area contributed by atoms with E-state index in [1.54, 1.807) is 18.2 Å². The summed E-state index contributed by atoms with van der Waals surface area (Å²) in [6.45, 7) is 0. The van der Waals surface area contributed by atoms with Crippen molar-refractivity contribution >= 4 is 0 Å². The van der Waals surface area contributed by atoms with Crippen molar-refractivity contribution in [2.24, 2.45) is 5.73 Å². The van der Waals surface area contributed by atoms with Crippen molar-refractivity contribution in [3.05, 3.63) is 114 Å². The minimum absolute atomic E-state index is 0.307. The molecular weight excluding hydrogens is 431 g/mol. The average Bonchev–Trinajstić information content (AvgIpc) is 2.81. The lowest BCUT2D eigenvalue weighted by atomic mass is 9.99. The van der Waals surface area contributed by atoms with E-state index in [2.05, 4.69) is 4.74 Å². The zero-order chi connectivity index (χ0) is 23.3. The fourth-order valence-corrected chi connectivity index (χ4v) is 3.18. The molecule has 4 nitrogen and oxygen atoms in total. The normalized spacial score (nSPS) is 12.1. The molecule has 0 amide bonds. The number of alkyl halides is 3. The van der Waals surface area contributed by atoms with Crippen molar-refractivity contribution in [3.63, 3.8) is 0 Å². The summed E-state index contributed by atoms with van der Waals surface area (Å²) >= 11 is 0. The molecule has 0 aliphatic heterocycles. The molecule has 0 saturated carbocycles. The number of nitrogens with two attached hydrogens (primary N) is 1. The second kappa shape index (κ2) is 9.67. The number of ether oxygens (including phenoxy) is 3. The van der Waals surface area contributed by atoms with Gasteiger partial charge in [-0.05, 0) is 59.7 Å². The SMILES string of the molecule is N[C@H](c1ccc(OC(F)(F)F)cc1)c1ccc(Oc2ccccc2)c(Oc2ccccc2)c1. The van der Waals surface area contributed by atoms with Gasteiger partial charge in [0.2, 0.25) is 0 Å². The maximum atomic E-state index is 12.4. The smallest absolute Gasteiger partial charge is 0.453 e. The summed E-state index contributed by atoms with van der Waals surface area (Å²) in [5.74, 6) is 1.91. The van der Waals surface area contributed by atoms with Gasteiger partial charge in [-0.1, -0.05) is 54.6 Å². The topological polar surface area (TPSA) is 53.7 Å². The molecule has 0 spiro atoms. The first-order valence-electron chi connectivity index (χ1n) is 10.1. The molecule has 4 aromatic carbocycles. The molecular formula is C26H20F3NO3. The number of hydrogen-bond acceptors (Lipinski definition) is 4. The Morgan fingerprint density at radius 1 is 0.576 bits per heavy atom. The first kappa shape index (κ1) is 22.2. The lowest BCUT2D eigenvalue weighted by Crippen LogP contribution is -2.17. The van der Waals surface area contributed by atoms with Crippen molar-refractivity contribution in [1.82, 2.24) is 0 Å². The Morgan fingerprint density at radius 3 is 1.64 bits per heavy atom. The Labute approximate surface area is 189 Å². The third kappa shape index (κ3) is 6.05. The van der Waals surface area contributed by atoms with E-state index in [1.807, 2.05) is 60.7 Å². The van der Waals surface area contributed by atoms with Crippen LogP contribution < -0.4 is 19.9 Å². The average molecular weight is 451 g/mol. The molecule has 0 saturated heterocycles. The fraction of sp³-hybridized carbons (Fsp3) is 0.0769. The number of para-hydroxylation sites is 2. The minimum Gasteiger partial charge on any atom is -0.453 e. The van der Waals surface area contributed by atoms with Gasteiger partial charge in [-0.25, -0.2) is 0 Å². The monoisotopic (exact) mass is 451 g/mol. The molecule has 0 aliphatic rings. The molecule has 0 bridgehead atoms. The molecule has 0 aromatic heterocycles. The van der Waals surface area contributed by atoms with Gasteiger partial charge in [0.05, 0.1) is 6.04 Å². The summed E-state index contributed by atoms with van der Waals surface area (Å²) in [5, 5.41) is 0. The predicted octanol–water partition coefficient (Wildman–Crippen LogP) is 7.22. The quantitative estimate of drug-likeness (QED) is 0.322. The highest BCUT2D eigenvalue weighted by atomic mass is 19.4. The molecule has 33 heavy (non-hydrogen) atoms. The lowest BCUT2D eigenvalue weighted by molar-refractivity contribution is -0.274. The van der Waals surface area contributed by atoms with Crippen LogP contribution in [-0.2, 0) is 0 Å². The van der Waals surface area contributed by atoms with E-state index in [9.17, 15) is 13.2 Å². The Balaban J connectivity index is 1.62. The summed E-state index contributed by atoms with van der Waals surface area (Å²) in [4.78, 5) is 0. The van der Waals surface area contributed by atoms with Crippen LogP contribution >= 0.6 is 0 Å². The van der Waals surface area contributed by atoms with E-state index in [0.29, 0.717) is 34.1 Å². The summed E-state index contributed by atoms with van der Waals surface area (Å²) in [6, 6.07) is 28.7. The lowest BCUT2D eigenvalue weighted by Gasteiger charge is -2.18. The van der Waals surface area contributed by atoms with Gasteiger partial charge in [0, 0.05) is 0 Å². The Morgan fingerprint density at radius 2 is 1.09 bits per heavy atom. The molecule has 4 aromatic rings. The fourth-order valence-electron chi connectivity index (χ4n) is 3.18. The second-order valence-electron chi connectivity index (χ2n) is 7.13. The first-order chi connectivity index (χ1) is 15.9. The number of halogens is 3. The van der Waals surface area contributed by atoms with E-state index in [0.717, 1.165) is 0 Å². The summed E-state index contributed by atoms with van der Waals surface area (Å²) < 4.78 is 53.2. The van der Waals surface area contributed by atoms with Gasteiger partial charge in [-0.2, -0.15) is 0 Å². The van der Waals surface area contributed by atoms with Gasteiger partial charge in [0.15, 0.2) is 11.5 Å². The van der Waals surface area contributed by atoms with Crippen LogP contribution in [0.25, 0.3) is 0 Å². The molecule has 7 heteroatoms. The molecule has 0 aliphatic carbocycles. The van der Waals surface area contributed by atoms with E-state index >= 15 is 0 Å². The van der Waals surface area contributed by atoms with Crippen LogP contribution in [0, 0.1) is 0 Å². The molecule has 0 heterocycles. The van der Waals surface area contributed by atoms with Crippen molar-refractivity contribution < 1.29 is 27.4 Å². The molecule has 4 rings (SSSR count). The van der Waals surface area contributed by atoms with Crippen LogP contribution in [0.15, 0.2) is 103 Å². The molecule has 1 atom stereocenters. The minimum atomic E-state index is -4.75. The van der Waals surface area contributed by atoms with Gasteiger partial charge in [0.25, 0.3) is 0 Å². The Bertz CT molecular complexity index is 1180. The molecule has 0 unspecified atom stereocenters. The van der Waals surface area contributed by atoms with Crippen LogP contribution in [0.5, 0.6) is 28.7 Å². The van der Waals surface area contributed by atoms with E-state index in [1.165, 1.54) is 24.3 Å². The van der Waals surface area contributed by atoms with Crippen molar-refractivity contribution in [2.45, 2.75) is 12.4 Å². The third-order valence-corrected chi connectivity index (χ3v) is 4.74. The van der Waals surface area contributed by atoms with E-state index in [4.69, 9.17) is 15.2 Å². The van der Waals surface area contributed by atoms with Crippen LogP contribution in [0.1, 0.15) is 17.2 Å². The number of hydrogen-bond donors (Lipinski definition) is 1. The van der Waals surface area contributed by atoms with Crippen molar-refractivity contribution in [1.29, 1.82) is 0 Å². The third-order valence-electron chi connectivity index (χ3n) is 4.74. The molecule has 168 valence electrons. The summed E-state index contributed by atoms with van der Waals surface area (Å²) in [6.07, 6.45) is -4.75. The summed E-state index contributed by atoms with van der Waals surface area (Å²) in [5.41, 5.74) is 7.72. The second-order valence-corrected chi connectivity index (χ2v) is 7.13. The van der Waals surface area contributed by atoms with Gasteiger partial charge in [-0.15, -0.1) is 13.2 Å². The molecule has 0 radical (unpaired) electrons. The van der Waals surface area contributed by atoms with Crippen LogP contribution in [-0.4, -0.2) is 6.36 Å². The highest BCUT2D eigenvalue weighted by Gasteiger charge is 2.31. The standard InChI is InChI=1S/C26H20F3NO3/c27-26(28,29)33-22-14-11-18(12-15-22)25(30)19-13-16-23(31-20-7-3-1-4-8-20)24(17-19)32-21-9-5-2-6-10-21/h1-17,25H,30H2/t25-/m1/s1. The molecule has 0 fully saturated rings. The maximum Gasteiger partial charge on any atom is 0.573 e.